The van der Waals surface area contributed by atoms with E-state index < -0.39 is 0 Å². The number of hydrogen-bond acceptors (Lipinski definition) is 3. The Morgan fingerprint density at radius 3 is 2.69 bits per heavy atom. The molecule has 26 heavy (non-hydrogen) atoms. The number of nitrogens with zero attached hydrogens (tertiary/aromatic N) is 1. The van der Waals surface area contributed by atoms with Gasteiger partial charge < -0.3 is 5.32 Å². The van der Waals surface area contributed by atoms with E-state index in [0.29, 0.717) is 23.9 Å². The Balaban J connectivity index is 1.47. The maximum atomic E-state index is 12.4. The number of hydrogen-bond donors (Lipinski definition) is 1. The maximum absolute atomic E-state index is 12.4. The number of rotatable bonds is 7. The summed E-state index contributed by atoms with van der Waals surface area (Å²) in [6.45, 7) is 4.24. The van der Waals surface area contributed by atoms with Gasteiger partial charge in [-0.1, -0.05) is 30.7 Å². The van der Waals surface area contributed by atoms with E-state index in [-0.39, 0.29) is 11.7 Å². The summed E-state index contributed by atoms with van der Waals surface area (Å²) in [7, 11) is 0. The second kappa shape index (κ2) is 7.93. The van der Waals surface area contributed by atoms with Crippen molar-refractivity contribution in [2.75, 3.05) is 11.9 Å². The second-order valence-electron chi connectivity index (χ2n) is 7.25. The molecule has 0 saturated heterocycles. The number of anilines is 1. The molecule has 3 atom stereocenters. The van der Waals surface area contributed by atoms with E-state index in [1.807, 2.05) is 38.1 Å². The van der Waals surface area contributed by atoms with Gasteiger partial charge >= 0.3 is 0 Å². The minimum absolute atomic E-state index is 0.0456. The monoisotopic (exact) mass is 366 g/mol. The first-order chi connectivity index (χ1) is 12.5. The number of ketones is 1. The number of benzene rings is 2. The van der Waals surface area contributed by atoms with Crippen LogP contribution in [0.15, 0.2) is 42.5 Å². The lowest BCUT2D eigenvalue weighted by Gasteiger charge is -2.12. The van der Waals surface area contributed by atoms with E-state index in [9.17, 15) is 4.79 Å². The predicted octanol–water partition coefficient (Wildman–Crippen LogP) is 5.33. The molecule has 0 amide bonds. The molecule has 0 heterocycles. The molecule has 0 bridgehead atoms. The first-order valence-corrected chi connectivity index (χ1v) is 9.38. The van der Waals surface area contributed by atoms with Crippen molar-refractivity contribution >= 4 is 23.1 Å². The average molecular weight is 367 g/mol. The first kappa shape index (κ1) is 18.5. The molecule has 2 aromatic carbocycles. The Morgan fingerprint density at radius 2 is 2.04 bits per heavy atom. The third-order valence-electron chi connectivity index (χ3n) is 5.24. The Kier molecular flexibility index (Phi) is 5.64. The average Bonchev–Trinajstić information content (AvgIpc) is 3.39. The van der Waals surface area contributed by atoms with Gasteiger partial charge in [0.05, 0.1) is 18.2 Å². The zero-order valence-electron chi connectivity index (χ0n) is 15.1. The van der Waals surface area contributed by atoms with Gasteiger partial charge in [-0.15, -0.1) is 0 Å². The van der Waals surface area contributed by atoms with Gasteiger partial charge in [0.25, 0.3) is 0 Å². The van der Waals surface area contributed by atoms with Crippen LogP contribution in [0, 0.1) is 30.1 Å². The Labute approximate surface area is 160 Å². The molecule has 1 N–H and O–H groups in total. The van der Waals surface area contributed by atoms with Crippen molar-refractivity contribution in [3.05, 3.63) is 64.2 Å². The van der Waals surface area contributed by atoms with Gasteiger partial charge in [0.15, 0.2) is 5.78 Å². The SMILES string of the molecule is Cc1cc(NCC(=O)[C@H](C)CC2CC2c2ccc(Cl)cc2)ccc1C#N. The molecule has 4 heteroatoms. The lowest BCUT2D eigenvalue weighted by molar-refractivity contribution is -0.120. The van der Waals surface area contributed by atoms with E-state index in [4.69, 9.17) is 16.9 Å². The van der Waals surface area contributed by atoms with Crippen molar-refractivity contribution in [1.29, 1.82) is 5.26 Å². The number of Topliss-reactive ketones (excluding diaryl/α,β-unsaturated/α-hetero) is 1. The van der Waals surface area contributed by atoms with Crippen LogP contribution in [0.5, 0.6) is 0 Å². The van der Waals surface area contributed by atoms with E-state index >= 15 is 0 Å². The summed E-state index contributed by atoms with van der Waals surface area (Å²) in [5.41, 5.74) is 3.79. The number of halogens is 1. The molecule has 1 saturated carbocycles. The van der Waals surface area contributed by atoms with Crippen LogP contribution in [-0.2, 0) is 4.79 Å². The van der Waals surface area contributed by atoms with Crippen LogP contribution in [0.25, 0.3) is 0 Å². The van der Waals surface area contributed by atoms with Crippen LogP contribution in [0.1, 0.15) is 42.4 Å². The quantitative estimate of drug-likeness (QED) is 0.720. The standard InChI is InChI=1S/C22H23ClN2O/c1-14-10-20(8-5-17(14)12-24)25-13-22(26)15(2)9-18-11-21(18)16-3-6-19(23)7-4-16/h3-8,10,15,18,21,25H,9,11,13H2,1-2H3/t15-,18?,21?/m1/s1. The Hall–Kier alpha value is -2.31. The number of nitrogens with one attached hydrogen (secondary N) is 1. The van der Waals surface area contributed by atoms with Gasteiger partial charge in [0, 0.05) is 16.6 Å². The topological polar surface area (TPSA) is 52.9 Å². The fourth-order valence-electron chi connectivity index (χ4n) is 3.47. The van der Waals surface area contributed by atoms with Crippen LogP contribution < -0.4 is 5.32 Å². The summed E-state index contributed by atoms with van der Waals surface area (Å²) in [5, 5.41) is 12.9. The summed E-state index contributed by atoms with van der Waals surface area (Å²) in [6, 6.07) is 15.7. The zero-order chi connectivity index (χ0) is 18.7. The molecular formula is C22H23ClN2O. The van der Waals surface area contributed by atoms with E-state index in [1.54, 1.807) is 6.07 Å². The predicted molar refractivity (Wildman–Crippen MR) is 105 cm³/mol. The molecule has 0 aliphatic heterocycles. The molecule has 3 rings (SSSR count). The van der Waals surface area contributed by atoms with Gasteiger partial charge in [0.2, 0.25) is 0 Å². The third kappa shape index (κ3) is 4.45. The fourth-order valence-corrected chi connectivity index (χ4v) is 3.60. The Bertz CT molecular complexity index is 838. The van der Waals surface area contributed by atoms with Crippen LogP contribution in [-0.4, -0.2) is 12.3 Å². The highest BCUT2D eigenvalue weighted by Crippen LogP contribution is 2.51. The minimum atomic E-state index is 0.0456. The molecule has 0 spiro atoms. The molecule has 134 valence electrons. The van der Waals surface area contributed by atoms with Crippen molar-refractivity contribution in [2.24, 2.45) is 11.8 Å². The molecule has 1 fully saturated rings. The summed E-state index contributed by atoms with van der Waals surface area (Å²) in [4.78, 5) is 12.4. The summed E-state index contributed by atoms with van der Waals surface area (Å²) in [5.74, 6) is 1.43. The lowest BCUT2D eigenvalue weighted by atomic mass is 9.97. The summed E-state index contributed by atoms with van der Waals surface area (Å²) in [6.07, 6.45) is 2.09. The van der Waals surface area contributed by atoms with Crippen LogP contribution >= 0.6 is 11.6 Å². The largest absolute Gasteiger partial charge is 0.378 e. The van der Waals surface area contributed by atoms with E-state index in [1.165, 1.54) is 5.56 Å². The molecule has 1 aliphatic carbocycles. The second-order valence-corrected chi connectivity index (χ2v) is 7.69. The van der Waals surface area contributed by atoms with Crippen molar-refractivity contribution in [1.82, 2.24) is 0 Å². The highest BCUT2D eigenvalue weighted by molar-refractivity contribution is 6.30. The summed E-state index contributed by atoms with van der Waals surface area (Å²) >= 11 is 5.94. The molecule has 2 aromatic rings. The van der Waals surface area contributed by atoms with Gasteiger partial charge in [-0.25, -0.2) is 0 Å². The lowest BCUT2D eigenvalue weighted by Crippen LogP contribution is -2.21. The number of carbonyl (C=O) groups is 1. The third-order valence-corrected chi connectivity index (χ3v) is 5.49. The number of aryl methyl sites for hydroxylation is 1. The van der Waals surface area contributed by atoms with Gasteiger partial charge in [-0.05, 0) is 73.1 Å². The molecule has 3 nitrogen and oxygen atoms in total. The highest BCUT2D eigenvalue weighted by Gasteiger charge is 2.39. The first-order valence-electron chi connectivity index (χ1n) is 9.00. The zero-order valence-corrected chi connectivity index (χ0v) is 15.9. The smallest absolute Gasteiger partial charge is 0.154 e. The minimum Gasteiger partial charge on any atom is -0.378 e. The number of carbonyl (C=O) groups excluding carboxylic acids is 1. The maximum Gasteiger partial charge on any atom is 0.154 e. The van der Waals surface area contributed by atoms with Crippen molar-refractivity contribution in [2.45, 2.75) is 32.6 Å². The molecule has 0 aromatic heterocycles. The van der Waals surface area contributed by atoms with Crippen molar-refractivity contribution in [3.8, 4) is 6.07 Å². The Morgan fingerprint density at radius 1 is 1.31 bits per heavy atom. The van der Waals surface area contributed by atoms with Crippen molar-refractivity contribution in [3.63, 3.8) is 0 Å². The van der Waals surface area contributed by atoms with Gasteiger partial charge in [-0.3, -0.25) is 4.79 Å². The van der Waals surface area contributed by atoms with E-state index in [2.05, 4.69) is 23.5 Å². The van der Waals surface area contributed by atoms with Gasteiger partial charge in [-0.2, -0.15) is 5.26 Å². The van der Waals surface area contributed by atoms with Crippen LogP contribution in [0.3, 0.4) is 0 Å². The molecular weight excluding hydrogens is 344 g/mol. The molecule has 0 radical (unpaired) electrons. The van der Waals surface area contributed by atoms with Crippen LogP contribution in [0.4, 0.5) is 5.69 Å². The highest BCUT2D eigenvalue weighted by atomic mass is 35.5. The normalized spacial score (nSPS) is 19.5. The number of nitriles is 1. The van der Waals surface area contributed by atoms with E-state index in [0.717, 1.165) is 29.1 Å². The fraction of sp³-hybridized carbons (Fsp3) is 0.364. The van der Waals surface area contributed by atoms with Crippen molar-refractivity contribution < 1.29 is 4.79 Å². The molecule has 1 aliphatic rings. The van der Waals surface area contributed by atoms with Gasteiger partial charge in [0.1, 0.15) is 0 Å². The van der Waals surface area contributed by atoms with Crippen LogP contribution in [0.2, 0.25) is 5.02 Å². The molecule has 2 unspecified atom stereocenters. The summed E-state index contributed by atoms with van der Waals surface area (Å²) < 4.78 is 0.